The van der Waals surface area contributed by atoms with Crippen molar-refractivity contribution < 1.29 is 24.2 Å². The molecule has 1 aromatic rings. The molecule has 3 amide bonds. The summed E-state index contributed by atoms with van der Waals surface area (Å²) in [5.41, 5.74) is 5.14. The topological polar surface area (TPSA) is 121 Å². The maximum Gasteiger partial charge on any atom is 0.251 e. The van der Waals surface area contributed by atoms with Crippen LogP contribution in [0.15, 0.2) is 71.5 Å². The summed E-state index contributed by atoms with van der Waals surface area (Å²) in [6.07, 6.45) is 13.4. The lowest BCUT2D eigenvalue weighted by molar-refractivity contribution is -0.138. The Morgan fingerprint density at radius 1 is 1.25 bits per heavy atom. The molecule has 1 unspecified atom stereocenters. The van der Waals surface area contributed by atoms with Gasteiger partial charge in [-0.1, -0.05) is 43.9 Å². The zero-order chi connectivity index (χ0) is 29.1. The Morgan fingerprint density at radius 2 is 2.05 bits per heavy atom. The van der Waals surface area contributed by atoms with Crippen molar-refractivity contribution in [2.24, 2.45) is 0 Å². The number of aryl methyl sites for hydroxylation is 1. The van der Waals surface area contributed by atoms with Crippen molar-refractivity contribution in [3.63, 3.8) is 0 Å². The fraction of sp³-hybridized carbons (Fsp3) is 0.400. The van der Waals surface area contributed by atoms with Crippen molar-refractivity contribution >= 4 is 34.6 Å². The number of carbonyl (C=O) groups is 3. The van der Waals surface area contributed by atoms with Gasteiger partial charge in [0.05, 0.1) is 35.3 Å². The van der Waals surface area contributed by atoms with Crippen LogP contribution in [0.25, 0.3) is 5.57 Å². The van der Waals surface area contributed by atoms with Gasteiger partial charge in [0.2, 0.25) is 11.8 Å². The summed E-state index contributed by atoms with van der Waals surface area (Å²) >= 11 is 1.59. The number of aromatic nitrogens is 1. The second-order valence-electron chi connectivity index (χ2n) is 9.39. The van der Waals surface area contributed by atoms with Crippen molar-refractivity contribution in [3.05, 3.63) is 82.1 Å². The van der Waals surface area contributed by atoms with E-state index >= 15 is 0 Å². The van der Waals surface area contributed by atoms with Gasteiger partial charge in [-0.05, 0) is 50.0 Å². The van der Waals surface area contributed by atoms with E-state index in [2.05, 4.69) is 29.1 Å². The number of nitrogens with zero attached hydrogens (tertiary/aromatic N) is 2. The van der Waals surface area contributed by atoms with E-state index in [-0.39, 0.29) is 32.0 Å². The number of likely N-dealkylation sites (tertiary alicyclic amines) is 1. The Bertz CT molecular complexity index is 1260. The lowest BCUT2D eigenvalue weighted by atomic mass is 10.1. The van der Waals surface area contributed by atoms with Gasteiger partial charge in [-0.2, -0.15) is 0 Å². The molecule has 3 rings (SSSR count). The fourth-order valence-electron chi connectivity index (χ4n) is 4.43. The van der Waals surface area contributed by atoms with Gasteiger partial charge in [-0.3, -0.25) is 14.4 Å². The van der Waals surface area contributed by atoms with E-state index in [9.17, 15) is 19.5 Å². The molecule has 1 aliphatic carbocycles. The van der Waals surface area contributed by atoms with Crippen LogP contribution in [-0.4, -0.2) is 71.1 Å². The highest BCUT2D eigenvalue weighted by atomic mass is 32.1. The molecule has 1 aromatic heterocycles. The number of rotatable bonds is 12. The van der Waals surface area contributed by atoms with Crippen LogP contribution in [0.3, 0.4) is 0 Å². The molecular weight excluding hydrogens is 528 g/mol. The van der Waals surface area contributed by atoms with Crippen LogP contribution in [0.2, 0.25) is 0 Å². The zero-order valence-electron chi connectivity index (χ0n) is 23.3. The number of thiazole rings is 1. The number of β-amino-alcohol motifs (C(OH)–C–C–N with tert-alkyl or cyclic N) is 1. The first-order valence-corrected chi connectivity index (χ1v) is 14.3. The van der Waals surface area contributed by atoms with E-state index in [1.165, 1.54) is 4.90 Å². The Kier molecular flexibility index (Phi) is 11.6. The first kappa shape index (κ1) is 30.8. The summed E-state index contributed by atoms with van der Waals surface area (Å²) in [7, 11) is 0. The number of carbonyl (C=O) groups excluding carboxylic acids is 3. The van der Waals surface area contributed by atoms with Crippen molar-refractivity contribution in [3.8, 4) is 0 Å². The molecule has 10 heteroatoms. The lowest BCUT2D eigenvalue weighted by Crippen LogP contribution is -2.49. The van der Waals surface area contributed by atoms with Crippen LogP contribution in [-0.2, 0) is 19.1 Å². The second kappa shape index (κ2) is 15.1. The Labute approximate surface area is 239 Å². The summed E-state index contributed by atoms with van der Waals surface area (Å²) in [5.74, 6) is -0.658. The highest BCUT2D eigenvalue weighted by Crippen LogP contribution is 2.25. The number of ether oxygens (including phenoxy) is 1. The molecule has 3 N–H and O–H groups in total. The molecule has 1 saturated heterocycles. The standard InChI is InChI=1S/C30H38N4O5S/c1-5-21(12-13-22(6-2)28-20(4)33-19-40-28)16-31-30(38)26-15-24(35)18-34(26)27(36)17-32-29(37)23-10-8-9-11-25(14-23)39-7-3/h5,9-14,19,24,26,35H,1,6-8,15-18H2,2-4H3,(H,31,38)(H,32,37)/b21-12+,22-13+/t24-,26?/m1/s1. The third kappa shape index (κ3) is 8.37. The van der Waals surface area contributed by atoms with Crippen LogP contribution < -0.4 is 10.6 Å². The van der Waals surface area contributed by atoms with Crippen LogP contribution >= 0.6 is 11.3 Å². The van der Waals surface area contributed by atoms with Gasteiger partial charge in [0.15, 0.2) is 0 Å². The number of amides is 3. The minimum absolute atomic E-state index is 0.0226. The van der Waals surface area contributed by atoms with E-state index in [1.54, 1.807) is 35.6 Å². The number of allylic oxidation sites excluding steroid dienone is 6. The molecule has 0 bridgehead atoms. The van der Waals surface area contributed by atoms with Gasteiger partial charge < -0.3 is 25.4 Å². The van der Waals surface area contributed by atoms with Crippen molar-refractivity contribution in [1.29, 1.82) is 0 Å². The molecule has 1 aliphatic heterocycles. The average Bonchev–Trinajstić information content (AvgIpc) is 3.47. The number of nitrogens with one attached hydrogen (secondary N) is 2. The smallest absolute Gasteiger partial charge is 0.251 e. The molecule has 1 fully saturated rings. The third-order valence-corrected chi connectivity index (χ3v) is 7.58. The third-order valence-electron chi connectivity index (χ3n) is 6.57. The van der Waals surface area contributed by atoms with Crippen LogP contribution in [0.1, 0.15) is 43.7 Å². The number of hydrogen-bond donors (Lipinski definition) is 3. The molecule has 2 aliphatic rings. The summed E-state index contributed by atoms with van der Waals surface area (Å²) in [6.45, 7) is 10.2. The zero-order valence-corrected chi connectivity index (χ0v) is 24.1. The summed E-state index contributed by atoms with van der Waals surface area (Å²) in [4.78, 5) is 45.5. The number of hydrogen-bond acceptors (Lipinski definition) is 7. The minimum atomic E-state index is -0.835. The van der Waals surface area contributed by atoms with Crippen LogP contribution in [0.4, 0.5) is 0 Å². The lowest BCUT2D eigenvalue weighted by Gasteiger charge is -2.24. The molecule has 0 saturated carbocycles. The van der Waals surface area contributed by atoms with E-state index < -0.39 is 24.0 Å². The predicted octanol–water partition coefficient (Wildman–Crippen LogP) is 3.36. The van der Waals surface area contributed by atoms with Gasteiger partial charge >= 0.3 is 0 Å². The molecule has 0 aromatic carbocycles. The molecule has 2 heterocycles. The van der Waals surface area contributed by atoms with Crippen LogP contribution in [0.5, 0.6) is 0 Å². The van der Waals surface area contributed by atoms with Crippen LogP contribution in [0, 0.1) is 6.92 Å². The molecule has 214 valence electrons. The second-order valence-corrected chi connectivity index (χ2v) is 10.2. The molecule has 40 heavy (non-hydrogen) atoms. The van der Waals surface area contributed by atoms with E-state index in [4.69, 9.17) is 4.74 Å². The largest absolute Gasteiger partial charge is 0.494 e. The first-order chi connectivity index (χ1) is 19.3. The van der Waals surface area contributed by atoms with Gasteiger partial charge in [-0.15, -0.1) is 11.3 Å². The van der Waals surface area contributed by atoms with E-state index in [1.807, 2.05) is 37.6 Å². The van der Waals surface area contributed by atoms with Crippen molar-refractivity contribution in [2.45, 2.75) is 52.2 Å². The molecule has 0 spiro atoms. The predicted molar refractivity (Wildman–Crippen MR) is 157 cm³/mol. The SMILES string of the molecule is C=C/C(=C\C=C(/CC)c1scnc1C)CNC(=O)C1C[C@@H](O)CN1C(=O)CNC(=O)C1=CCC=CC(OCC)=C1. The first-order valence-electron chi connectivity index (χ1n) is 13.4. The van der Waals surface area contributed by atoms with E-state index in [0.717, 1.165) is 28.1 Å². The maximum absolute atomic E-state index is 13.0. The number of aliphatic hydroxyl groups excluding tert-OH is 1. The van der Waals surface area contributed by atoms with Gasteiger partial charge in [0.25, 0.3) is 5.91 Å². The van der Waals surface area contributed by atoms with Gasteiger partial charge in [-0.25, -0.2) is 4.98 Å². The Balaban J connectivity index is 1.59. The monoisotopic (exact) mass is 566 g/mol. The van der Waals surface area contributed by atoms with Crippen molar-refractivity contribution in [1.82, 2.24) is 20.5 Å². The Morgan fingerprint density at radius 3 is 2.73 bits per heavy atom. The minimum Gasteiger partial charge on any atom is -0.494 e. The average molecular weight is 567 g/mol. The molecular formula is C30H38N4O5S. The Hall–Kier alpha value is -3.76. The molecule has 9 nitrogen and oxygen atoms in total. The van der Waals surface area contributed by atoms with E-state index in [0.29, 0.717) is 24.4 Å². The number of aliphatic hydroxyl groups is 1. The molecule has 2 atom stereocenters. The fourth-order valence-corrected chi connectivity index (χ4v) is 5.33. The highest BCUT2D eigenvalue weighted by molar-refractivity contribution is 7.10. The summed E-state index contributed by atoms with van der Waals surface area (Å²) < 4.78 is 5.49. The summed E-state index contributed by atoms with van der Waals surface area (Å²) in [5, 5.41) is 15.7. The maximum atomic E-state index is 13.0. The van der Waals surface area contributed by atoms with Crippen molar-refractivity contribution in [2.75, 3.05) is 26.2 Å². The normalized spacial score (nSPS) is 19.4. The quantitative estimate of drug-likeness (QED) is 0.334. The molecule has 0 radical (unpaired) electrons. The van der Waals surface area contributed by atoms with Gasteiger partial charge in [0.1, 0.15) is 11.8 Å². The van der Waals surface area contributed by atoms with Gasteiger partial charge in [0, 0.05) is 25.1 Å². The summed E-state index contributed by atoms with van der Waals surface area (Å²) in [6, 6.07) is -0.835. The highest BCUT2D eigenvalue weighted by Gasteiger charge is 2.38.